The van der Waals surface area contributed by atoms with E-state index < -0.39 is 0 Å². The summed E-state index contributed by atoms with van der Waals surface area (Å²) in [6.45, 7) is 2.05. The normalized spacial score (nSPS) is 10.7. The van der Waals surface area contributed by atoms with E-state index in [1.807, 2.05) is 55.5 Å². The third-order valence-corrected chi connectivity index (χ3v) is 4.68. The molecule has 0 saturated heterocycles. The van der Waals surface area contributed by atoms with Crippen molar-refractivity contribution in [2.45, 2.75) is 17.8 Å². The average molecular weight is 353 g/mol. The molecule has 2 aromatic carbocycles. The molecule has 3 rings (SSSR count). The number of tetrazole rings is 1. The third kappa shape index (κ3) is 4.06. The van der Waals surface area contributed by atoms with Crippen molar-refractivity contribution < 1.29 is 4.79 Å². The van der Waals surface area contributed by atoms with Crippen LogP contribution in [0.5, 0.6) is 0 Å². The van der Waals surface area contributed by atoms with Gasteiger partial charge in [0.15, 0.2) is 0 Å². The van der Waals surface area contributed by atoms with E-state index in [0.29, 0.717) is 5.56 Å². The lowest BCUT2D eigenvalue weighted by molar-refractivity contribution is 0.0827. The molecular formula is C18H19N5OS. The number of aryl methyl sites for hydroxylation is 1. The summed E-state index contributed by atoms with van der Waals surface area (Å²) in [7, 11) is 3.49. The van der Waals surface area contributed by atoms with Crippen LogP contribution in [0.2, 0.25) is 0 Å². The number of amides is 1. The van der Waals surface area contributed by atoms with Gasteiger partial charge in [0.05, 0.1) is 5.69 Å². The maximum absolute atomic E-state index is 11.9. The number of aromatic nitrogens is 4. The predicted molar refractivity (Wildman–Crippen MR) is 97.9 cm³/mol. The summed E-state index contributed by atoms with van der Waals surface area (Å²) >= 11 is 1.56. The highest BCUT2D eigenvalue weighted by molar-refractivity contribution is 7.98. The average Bonchev–Trinajstić information content (AvgIpc) is 3.09. The predicted octanol–water partition coefficient (Wildman–Crippen LogP) is 2.96. The van der Waals surface area contributed by atoms with Crippen molar-refractivity contribution in [1.82, 2.24) is 25.1 Å². The van der Waals surface area contributed by atoms with Gasteiger partial charge in [-0.2, -0.15) is 4.68 Å². The zero-order valence-corrected chi connectivity index (χ0v) is 15.2. The van der Waals surface area contributed by atoms with E-state index in [-0.39, 0.29) is 5.91 Å². The van der Waals surface area contributed by atoms with Crippen molar-refractivity contribution >= 4 is 17.7 Å². The zero-order valence-electron chi connectivity index (χ0n) is 14.4. The van der Waals surface area contributed by atoms with Crippen LogP contribution in [0, 0.1) is 6.92 Å². The van der Waals surface area contributed by atoms with E-state index in [1.54, 1.807) is 35.4 Å². The van der Waals surface area contributed by atoms with Crippen LogP contribution in [-0.2, 0) is 5.75 Å². The summed E-state index contributed by atoms with van der Waals surface area (Å²) < 4.78 is 1.73. The molecule has 0 aliphatic carbocycles. The molecule has 0 aliphatic rings. The summed E-state index contributed by atoms with van der Waals surface area (Å²) in [5.41, 5.74) is 3.92. The topological polar surface area (TPSA) is 63.9 Å². The quantitative estimate of drug-likeness (QED) is 0.660. The molecule has 7 heteroatoms. The zero-order chi connectivity index (χ0) is 17.8. The highest BCUT2D eigenvalue weighted by Gasteiger charge is 2.10. The fraction of sp³-hybridized carbons (Fsp3) is 0.222. The molecule has 1 aromatic heterocycles. The van der Waals surface area contributed by atoms with E-state index in [9.17, 15) is 4.79 Å². The molecule has 0 bridgehead atoms. The molecule has 6 nitrogen and oxygen atoms in total. The molecule has 128 valence electrons. The highest BCUT2D eigenvalue weighted by atomic mass is 32.2. The highest BCUT2D eigenvalue weighted by Crippen LogP contribution is 2.23. The summed E-state index contributed by atoms with van der Waals surface area (Å²) in [5, 5.41) is 12.7. The Kier molecular flexibility index (Phi) is 5.14. The monoisotopic (exact) mass is 353 g/mol. The fourth-order valence-electron chi connectivity index (χ4n) is 2.27. The number of benzene rings is 2. The number of carbonyl (C=O) groups excluding carboxylic acids is 1. The molecule has 0 aliphatic heterocycles. The van der Waals surface area contributed by atoms with Gasteiger partial charge in [-0.3, -0.25) is 4.79 Å². The minimum absolute atomic E-state index is 0.00233. The van der Waals surface area contributed by atoms with Gasteiger partial charge in [0, 0.05) is 25.4 Å². The van der Waals surface area contributed by atoms with Crippen molar-refractivity contribution in [2.24, 2.45) is 0 Å². The van der Waals surface area contributed by atoms with Gasteiger partial charge in [0.25, 0.3) is 5.91 Å². The van der Waals surface area contributed by atoms with Gasteiger partial charge in [0.1, 0.15) is 0 Å². The Bertz CT molecular complexity index is 856. The molecule has 1 heterocycles. The maximum atomic E-state index is 11.9. The second kappa shape index (κ2) is 7.48. The van der Waals surface area contributed by atoms with Crippen molar-refractivity contribution in [3.05, 3.63) is 65.2 Å². The molecule has 3 aromatic rings. The maximum Gasteiger partial charge on any atom is 0.253 e. The minimum Gasteiger partial charge on any atom is -0.345 e. The van der Waals surface area contributed by atoms with Gasteiger partial charge in [-0.05, 0) is 47.2 Å². The van der Waals surface area contributed by atoms with Crippen LogP contribution in [0.25, 0.3) is 5.69 Å². The fourth-order valence-corrected chi connectivity index (χ4v) is 3.11. The molecule has 0 atom stereocenters. The number of hydrogen-bond donors (Lipinski definition) is 0. The first-order chi connectivity index (χ1) is 12.0. The van der Waals surface area contributed by atoms with Gasteiger partial charge in [-0.15, -0.1) is 5.10 Å². The second-order valence-electron chi connectivity index (χ2n) is 5.89. The standard InChI is InChI=1S/C18H19N5OS/c1-13-4-10-16(11-5-13)23-18(19-20-21-23)25-12-14-6-8-15(9-7-14)17(24)22(2)3/h4-11H,12H2,1-3H3. The Morgan fingerprint density at radius 3 is 2.40 bits per heavy atom. The van der Waals surface area contributed by atoms with Crippen molar-refractivity contribution in [1.29, 1.82) is 0 Å². The molecular weight excluding hydrogens is 334 g/mol. The number of nitrogens with zero attached hydrogens (tertiary/aromatic N) is 5. The Labute approximate surface area is 150 Å². The summed E-state index contributed by atoms with van der Waals surface area (Å²) in [6, 6.07) is 15.7. The lowest BCUT2D eigenvalue weighted by Gasteiger charge is -2.10. The van der Waals surface area contributed by atoms with Crippen LogP contribution in [0.4, 0.5) is 0 Å². The van der Waals surface area contributed by atoms with E-state index in [2.05, 4.69) is 15.5 Å². The van der Waals surface area contributed by atoms with Gasteiger partial charge in [0.2, 0.25) is 5.16 Å². The molecule has 0 N–H and O–H groups in total. The Balaban J connectivity index is 1.69. The number of rotatable bonds is 5. The number of hydrogen-bond acceptors (Lipinski definition) is 5. The smallest absolute Gasteiger partial charge is 0.253 e. The molecule has 0 unspecified atom stereocenters. The van der Waals surface area contributed by atoms with Crippen LogP contribution in [0.15, 0.2) is 53.7 Å². The van der Waals surface area contributed by atoms with Crippen molar-refractivity contribution in [3.63, 3.8) is 0 Å². The number of carbonyl (C=O) groups is 1. The SMILES string of the molecule is Cc1ccc(-n2nnnc2SCc2ccc(C(=O)N(C)C)cc2)cc1. The lowest BCUT2D eigenvalue weighted by atomic mass is 10.1. The first kappa shape index (κ1) is 17.2. The number of thioether (sulfide) groups is 1. The summed E-state index contributed by atoms with van der Waals surface area (Å²) in [5.74, 6) is 0.727. The van der Waals surface area contributed by atoms with Crippen LogP contribution in [-0.4, -0.2) is 45.1 Å². The van der Waals surface area contributed by atoms with Crippen LogP contribution >= 0.6 is 11.8 Å². The third-order valence-electron chi connectivity index (χ3n) is 3.69. The van der Waals surface area contributed by atoms with Crippen LogP contribution < -0.4 is 0 Å². The van der Waals surface area contributed by atoms with Gasteiger partial charge in [-0.25, -0.2) is 0 Å². The molecule has 0 saturated carbocycles. The lowest BCUT2D eigenvalue weighted by Crippen LogP contribution is -2.21. The van der Waals surface area contributed by atoms with E-state index in [1.165, 1.54) is 5.56 Å². The second-order valence-corrected chi connectivity index (χ2v) is 6.84. The Morgan fingerprint density at radius 1 is 1.08 bits per heavy atom. The first-order valence-corrected chi connectivity index (χ1v) is 8.82. The molecule has 1 amide bonds. The van der Waals surface area contributed by atoms with Crippen LogP contribution in [0.1, 0.15) is 21.5 Å². The van der Waals surface area contributed by atoms with Gasteiger partial charge >= 0.3 is 0 Å². The van der Waals surface area contributed by atoms with Crippen molar-refractivity contribution in [2.75, 3.05) is 14.1 Å². The van der Waals surface area contributed by atoms with Gasteiger partial charge < -0.3 is 4.90 Å². The van der Waals surface area contributed by atoms with Gasteiger partial charge in [-0.1, -0.05) is 41.6 Å². The minimum atomic E-state index is 0.00233. The first-order valence-electron chi connectivity index (χ1n) is 7.83. The van der Waals surface area contributed by atoms with E-state index in [0.717, 1.165) is 22.2 Å². The molecule has 25 heavy (non-hydrogen) atoms. The Morgan fingerprint density at radius 2 is 1.76 bits per heavy atom. The molecule has 0 fully saturated rings. The van der Waals surface area contributed by atoms with E-state index >= 15 is 0 Å². The summed E-state index contributed by atoms with van der Waals surface area (Å²) in [6.07, 6.45) is 0. The van der Waals surface area contributed by atoms with E-state index in [4.69, 9.17) is 0 Å². The van der Waals surface area contributed by atoms with Crippen molar-refractivity contribution in [3.8, 4) is 5.69 Å². The summed E-state index contributed by atoms with van der Waals surface area (Å²) in [4.78, 5) is 13.5. The van der Waals surface area contributed by atoms with Crippen LogP contribution in [0.3, 0.4) is 0 Å². The largest absolute Gasteiger partial charge is 0.345 e. The molecule has 0 spiro atoms. The molecule has 0 radical (unpaired) electrons. The Hall–Kier alpha value is -2.67.